The Hall–Kier alpha value is -0.240. The molecule has 1 aromatic carbocycles. The number of nitrogens with zero attached hydrogens (tertiary/aromatic N) is 1. The Morgan fingerprint density at radius 3 is 2.71 bits per heavy atom. The Morgan fingerprint density at radius 1 is 1.18 bits per heavy atom. The van der Waals surface area contributed by atoms with Gasteiger partial charge in [0.2, 0.25) is 0 Å². The molecule has 17 heavy (non-hydrogen) atoms. The molecule has 1 aromatic rings. The summed E-state index contributed by atoms with van der Waals surface area (Å²) in [6.07, 6.45) is 4.16. The van der Waals surface area contributed by atoms with Crippen molar-refractivity contribution in [1.29, 1.82) is 0 Å². The van der Waals surface area contributed by atoms with Gasteiger partial charge < -0.3 is 0 Å². The van der Waals surface area contributed by atoms with E-state index in [9.17, 15) is 0 Å². The quantitative estimate of drug-likeness (QED) is 0.790. The molecule has 1 heterocycles. The number of rotatable bonds is 2. The lowest BCUT2D eigenvalue weighted by molar-refractivity contribution is 0.288. The number of piperidine rings is 1. The molecular formula is C14H15Cl2N. The van der Waals surface area contributed by atoms with E-state index >= 15 is 0 Å². The van der Waals surface area contributed by atoms with Gasteiger partial charge in [-0.3, -0.25) is 4.90 Å². The Morgan fingerprint density at radius 2 is 2.00 bits per heavy atom. The van der Waals surface area contributed by atoms with Gasteiger partial charge in [-0.25, -0.2) is 0 Å². The van der Waals surface area contributed by atoms with Crippen molar-refractivity contribution >= 4 is 23.2 Å². The number of fused-ring (bicyclic) bond motifs is 1. The summed E-state index contributed by atoms with van der Waals surface area (Å²) in [5.74, 6) is 0.861. The fraction of sp³-hybridized carbons (Fsp3) is 0.571. The van der Waals surface area contributed by atoms with E-state index < -0.39 is 0 Å². The zero-order valence-corrected chi connectivity index (χ0v) is 11.1. The predicted octanol–water partition coefficient (Wildman–Crippen LogP) is 3.73. The molecule has 0 N–H and O–H groups in total. The first-order chi connectivity index (χ1) is 8.19. The highest BCUT2D eigenvalue weighted by atomic mass is 35.5. The van der Waals surface area contributed by atoms with E-state index in [4.69, 9.17) is 23.2 Å². The monoisotopic (exact) mass is 267 g/mol. The molecule has 1 unspecified atom stereocenters. The van der Waals surface area contributed by atoms with Crippen LogP contribution in [-0.2, 0) is 5.41 Å². The van der Waals surface area contributed by atoms with Crippen LogP contribution in [0, 0.1) is 5.92 Å². The van der Waals surface area contributed by atoms with E-state index in [1.54, 1.807) is 0 Å². The summed E-state index contributed by atoms with van der Waals surface area (Å²) in [7, 11) is 0. The van der Waals surface area contributed by atoms with Crippen molar-refractivity contribution in [3.8, 4) is 0 Å². The second kappa shape index (κ2) is 3.40. The highest BCUT2D eigenvalue weighted by Gasteiger charge is 2.62. The SMILES string of the molecule is Clc1ccc([C@@]23CC2CN(C2CC2)C3)cc1Cl. The standard InChI is InChI=1S/C14H15Cl2N/c15-12-4-1-9(5-13(12)16)14-6-10(14)7-17(8-14)11-2-3-11/h1,4-5,10-11H,2-3,6-8H2/t10?,14-/m0/s1. The Labute approximate surface area is 112 Å². The maximum Gasteiger partial charge on any atom is 0.0595 e. The summed E-state index contributed by atoms with van der Waals surface area (Å²) in [4.78, 5) is 2.68. The zero-order valence-electron chi connectivity index (χ0n) is 9.63. The third kappa shape index (κ3) is 1.56. The van der Waals surface area contributed by atoms with Crippen molar-refractivity contribution in [1.82, 2.24) is 4.90 Å². The molecule has 1 nitrogen and oxygen atoms in total. The van der Waals surface area contributed by atoms with Gasteiger partial charge in [-0.15, -0.1) is 0 Å². The van der Waals surface area contributed by atoms with Crippen molar-refractivity contribution < 1.29 is 0 Å². The average molecular weight is 268 g/mol. The molecule has 3 heteroatoms. The lowest BCUT2D eigenvalue weighted by Gasteiger charge is -2.20. The second-order valence-corrected chi connectivity index (χ2v) is 6.66. The van der Waals surface area contributed by atoms with Gasteiger partial charge in [-0.1, -0.05) is 29.3 Å². The first-order valence-electron chi connectivity index (χ1n) is 6.39. The molecule has 2 atom stereocenters. The van der Waals surface area contributed by atoms with Crippen LogP contribution in [0.2, 0.25) is 10.0 Å². The molecule has 0 bridgehead atoms. The van der Waals surface area contributed by atoms with E-state index in [-0.39, 0.29) is 0 Å². The number of halogens is 2. The topological polar surface area (TPSA) is 3.24 Å². The molecule has 90 valence electrons. The molecule has 0 radical (unpaired) electrons. The third-order valence-electron chi connectivity index (χ3n) is 4.73. The van der Waals surface area contributed by atoms with Crippen LogP contribution in [0.5, 0.6) is 0 Å². The van der Waals surface area contributed by atoms with Crippen LogP contribution in [-0.4, -0.2) is 24.0 Å². The molecule has 2 saturated carbocycles. The van der Waals surface area contributed by atoms with Crippen LogP contribution in [0.15, 0.2) is 18.2 Å². The molecule has 0 spiro atoms. The van der Waals surface area contributed by atoms with Gasteiger partial charge >= 0.3 is 0 Å². The molecule has 0 amide bonds. The van der Waals surface area contributed by atoms with Crippen LogP contribution in [0.1, 0.15) is 24.8 Å². The van der Waals surface area contributed by atoms with Gasteiger partial charge in [-0.2, -0.15) is 0 Å². The van der Waals surface area contributed by atoms with Crippen molar-refractivity contribution in [2.45, 2.75) is 30.7 Å². The molecule has 0 aromatic heterocycles. The number of likely N-dealkylation sites (tertiary alicyclic amines) is 1. The van der Waals surface area contributed by atoms with Crippen molar-refractivity contribution in [3.63, 3.8) is 0 Å². The largest absolute Gasteiger partial charge is 0.299 e. The maximum absolute atomic E-state index is 6.14. The number of benzene rings is 1. The first-order valence-corrected chi connectivity index (χ1v) is 7.14. The highest BCUT2D eigenvalue weighted by molar-refractivity contribution is 6.42. The normalized spacial score (nSPS) is 36.0. The van der Waals surface area contributed by atoms with Gasteiger partial charge in [0.25, 0.3) is 0 Å². The predicted molar refractivity (Wildman–Crippen MR) is 70.8 cm³/mol. The summed E-state index contributed by atoms with van der Waals surface area (Å²) in [6, 6.07) is 7.09. The highest BCUT2D eigenvalue weighted by Crippen LogP contribution is 2.60. The smallest absolute Gasteiger partial charge is 0.0595 e. The number of hydrogen-bond donors (Lipinski definition) is 0. The van der Waals surface area contributed by atoms with Gasteiger partial charge in [0, 0.05) is 24.5 Å². The minimum absolute atomic E-state index is 0.414. The van der Waals surface area contributed by atoms with Crippen molar-refractivity contribution in [3.05, 3.63) is 33.8 Å². The molecule has 4 rings (SSSR count). The van der Waals surface area contributed by atoms with Crippen LogP contribution < -0.4 is 0 Å². The van der Waals surface area contributed by atoms with E-state index in [0.717, 1.165) is 12.0 Å². The van der Waals surface area contributed by atoms with Gasteiger partial charge in [0.1, 0.15) is 0 Å². The molecule has 2 aliphatic carbocycles. The average Bonchev–Trinajstić information content (AvgIpc) is 3.22. The van der Waals surface area contributed by atoms with Gasteiger partial charge in [0.05, 0.1) is 10.0 Å². The first kappa shape index (κ1) is 10.7. The zero-order chi connectivity index (χ0) is 11.6. The fourth-order valence-corrected chi connectivity index (χ4v) is 3.79. The van der Waals surface area contributed by atoms with Crippen LogP contribution >= 0.6 is 23.2 Å². The summed E-state index contributed by atoms with van der Waals surface area (Å²) >= 11 is 12.1. The third-order valence-corrected chi connectivity index (χ3v) is 5.47. The van der Waals surface area contributed by atoms with Crippen molar-refractivity contribution in [2.75, 3.05) is 13.1 Å². The van der Waals surface area contributed by atoms with E-state index in [1.807, 2.05) is 6.07 Å². The van der Waals surface area contributed by atoms with Gasteiger partial charge in [0.15, 0.2) is 0 Å². The molecule has 1 aliphatic heterocycles. The van der Waals surface area contributed by atoms with Crippen LogP contribution in [0.3, 0.4) is 0 Å². The summed E-state index contributed by atoms with van der Waals surface area (Å²) < 4.78 is 0. The lowest BCUT2D eigenvalue weighted by atomic mass is 9.95. The molecular weight excluding hydrogens is 253 g/mol. The Kier molecular flexibility index (Phi) is 2.13. The van der Waals surface area contributed by atoms with Crippen molar-refractivity contribution in [2.24, 2.45) is 5.92 Å². The molecule has 3 aliphatic rings. The Balaban J connectivity index is 1.64. The summed E-state index contributed by atoms with van der Waals surface area (Å²) in [6.45, 7) is 2.53. The summed E-state index contributed by atoms with van der Waals surface area (Å²) in [5.41, 5.74) is 1.82. The van der Waals surface area contributed by atoms with Gasteiger partial charge in [-0.05, 0) is 42.9 Å². The number of hydrogen-bond acceptors (Lipinski definition) is 1. The summed E-state index contributed by atoms with van der Waals surface area (Å²) in [5, 5.41) is 1.37. The fourth-order valence-electron chi connectivity index (χ4n) is 3.49. The van der Waals surface area contributed by atoms with E-state index in [1.165, 1.54) is 37.9 Å². The van der Waals surface area contributed by atoms with E-state index in [2.05, 4.69) is 17.0 Å². The van der Waals surface area contributed by atoms with E-state index in [0.29, 0.717) is 15.5 Å². The van der Waals surface area contributed by atoms with Crippen LogP contribution in [0.25, 0.3) is 0 Å². The minimum atomic E-state index is 0.414. The molecule has 3 fully saturated rings. The van der Waals surface area contributed by atoms with Crippen LogP contribution in [0.4, 0.5) is 0 Å². The maximum atomic E-state index is 6.14. The minimum Gasteiger partial charge on any atom is -0.299 e. The lowest BCUT2D eigenvalue weighted by Crippen LogP contribution is -2.28. The Bertz CT molecular complexity index is 483. The molecule has 1 saturated heterocycles. The second-order valence-electron chi connectivity index (χ2n) is 5.85.